The van der Waals surface area contributed by atoms with Crippen molar-refractivity contribution in [3.05, 3.63) is 53.6 Å². The van der Waals surface area contributed by atoms with Crippen LogP contribution in [0.3, 0.4) is 0 Å². The highest BCUT2D eigenvalue weighted by molar-refractivity contribution is 7.92. The van der Waals surface area contributed by atoms with Crippen LogP contribution in [0.2, 0.25) is 0 Å². The van der Waals surface area contributed by atoms with Gasteiger partial charge in [0.05, 0.1) is 5.69 Å². The molecule has 0 fully saturated rings. The molecule has 110 valence electrons. The normalized spacial score (nSPS) is 11.1. The van der Waals surface area contributed by atoms with E-state index in [2.05, 4.69) is 4.98 Å². The molecule has 6 nitrogen and oxygen atoms in total. The molecular formula is C13H11FN2O4S. The van der Waals surface area contributed by atoms with Gasteiger partial charge in [-0.05, 0) is 36.8 Å². The summed E-state index contributed by atoms with van der Waals surface area (Å²) in [5.41, 5.74) is -0.138. The summed E-state index contributed by atoms with van der Waals surface area (Å²) in [4.78, 5) is 14.0. The van der Waals surface area contributed by atoms with Crippen molar-refractivity contribution in [2.75, 3.05) is 4.72 Å². The molecule has 2 rings (SSSR count). The molecular weight excluding hydrogens is 299 g/mol. The Morgan fingerprint density at radius 1 is 1.33 bits per heavy atom. The Balaban J connectivity index is 2.48. The van der Waals surface area contributed by atoms with E-state index in [-0.39, 0.29) is 5.69 Å². The van der Waals surface area contributed by atoms with Gasteiger partial charge in [-0.2, -0.15) is 0 Å². The van der Waals surface area contributed by atoms with Crippen LogP contribution in [0, 0.1) is 12.7 Å². The number of aromatic nitrogens is 1. The Kier molecular flexibility index (Phi) is 3.90. The standard InChI is InChI=1S/C13H11FN2O4S/c1-8-4-5-9(14)11(7-8)21(19,20)16-10-3-2-6-15-12(10)13(17)18/h2-7,16H,1H3,(H,17,18). The smallest absolute Gasteiger partial charge is 0.356 e. The molecule has 2 N–H and O–H groups in total. The summed E-state index contributed by atoms with van der Waals surface area (Å²) < 4.78 is 40.1. The first-order chi connectivity index (χ1) is 9.81. The number of benzene rings is 1. The van der Waals surface area contributed by atoms with E-state index >= 15 is 0 Å². The van der Waals surface area contributed by atoms with Crippen molar-refractivity contribution in [2.45, 2.75) is 11.8 Å². The van der Waals surface area contributed by atoms with Gasteiger partial charge in [0.2, 0.25) is 0 Å². The summed E-state index contributed by atoms with van der Waals surface area (Å²) in [5, 5.41) is 8.96. The van der Waals surface area contributed by atoms with E-state index in [9.17, 15) is 17.6 Å². The maximum atomic E-state index is 13.7. The largest absolute Gasteiger partial charge is 0.476 e. The molecule has 8 heteroatoms. The first-order valence-electron chi connectivity index (χ1n) is 5.78. The zero-order valence-corrected chi connectivity index (χ0v) is 11.7. The summed E-state index contributed by atoms with van der Waals surface area (Å²) in [5.74, 6) is -2.31. The number of pyridine rings is 1. The third-order valence-corrected chi connectivity index (χ3v) is 4.01. The number of nitrogens with zero attached hydrogens (tertiary/aromatic N) is 1. The molecule has 1 aromatic heterocycles. The van der Waals surface area contributed by atoms with Crippen LogP contribution < -0.4 is 4.72 Å². The van der Waals surface area contributed by atoms with E-state index in [1.165, 1.54) is 24.4 Å². The number of nitrogens with one attached hydrogen (secondary N) is 1. The van der Waals surface area contributed by atoms with Gasteiger partial charge in [0.25, 0.3) is 10.0 Å². The Morgan fingerprint density at radius 3 is 2.71 bits per heavy atom. The second kappa shape index (κ2) is 5.49. The lowest BCUT2D eigenvalue weighted by Gasteiger charge is -2.10. The van der Waals surface area contributed by atoms with E-state index in [0.717, 1.165) is 12.1 Å². The number of aryl methyl sites for hydroxylation is 1. The third-order valence-electron chi connectivity index (χ3n) is 2.63. The van der Waals surface area contributed by atoms with Gasteiger partial charge in [0.15, 0.2) is 5.69 Å². The molecule has 21 heavy (non-hydrogen) atoms. The maximum absolute atomic E-state index is 13.7. The van der Waals surface area contributed by atoms with Crippen LogP contribution >= 0.6 is 0 Å². The Hall–Kier alpha value is -2.48. The summed E-state index contributed by atoms with van der Waals surface area (Å²) in [6.45, 7) is 1.62. The van der Waals surface area contributed by atoms with Crippen LogP contribution in [-0.2, 0) is 10.0 Å². The zero-order chi connectivity index (χ0) is 15.6. The summed E-state index contributed by atoms with van der Waals surface area (Å²) in [6, 6.07) is 6.24. The fourth-order valence-electron chi connectivity index (χ4n) is 1.67. The lowest BCUT2D eigenvalue weighted by Crippen LogP contribution is -2.17. The van der Waals surface area contributed by atoms with E-state index in [0.29, 0.717) is 5.56 Å². The van der Waals surface area contributed by atoms with Crippen molar-refractivity contribution < 1.29 is 22.7 Å². The minimum absolute atomic E-state index is 0.231. The number of carbonyl (C=O) groups is 1. The van der Waals surface area contributed by atoms with Gasteiger partial charge >= 0.3 is 5.97 Å². The molecule has 2 aromatic rings. The number of hydrogen-bond donors (Lipinski definition) is 2. The summed E-state index contributed by atoms with van der Waals surface area (Å²) >= 11 is 0. The van der Waals surface area contributed by atoms with Gasteiger partial charge in [-0.3, -0.25) is 4.72 Å². The van der Waals surface area contributed by atoms with Crippen LogP contribution in [0.25, 0.3) is 0 Å². The van der Waals surface area contributed by atoms with Gasteiger partial charge in [-0.25, -0.2) is 22.6 Å². The molecule has 0 atom stereocenters. The quantitative estimate of drug-likeness (QED) is 0.900. The highest BCUT2D eigenvalue weighted by Gasteiger charge is 2.22. The molecule has 0 radical (unpaired) electrons. The van der Waals surface area contributed by atoms with Crippen LogP contribution in [0.15, 0.2) is 41.4 Å². The number of carboxylic acid groups (broad SMARTS) is 1. The highest BCUT2D eigenvalue weighted by atomic mass is 32.2. The second-order valence-corrected chi connectivity index (χ2v) is 5.89. The number of hydrogen-bond acceptors (Lipinski definition) is 4. The van der Waals surface area contributed by atoms with Crippen molar-refractivity contribution in [1.82, 2.24) is 4.98 Å². The van der Waals surface area contributed by atoms with Gasteiger partial charge in [0.1, 0.15) is 10.7 Å². The van der Waals surface area contributed by atoms with Gasteiger partial charge in [0, 0.05) is 6.20 Å². The monoisotopic (exact) mass is 310 g/mol. The van der Waals surface area contributed by atoms with Crippen molar-refractivity contribution in [1.29, 1.82) is 0 Å². The van der Waals surface area contributed by atoms with Crippen molar-refractivity contribution >= 4 is 21.7 Å². The number of halogens is 1. The molecule has 0 saturated carbocycles. The number of carboxylic acids is 1. The topological polar surface area (TPSA) is 96.4 Å². The second-order valence-electron chi connectivity index (χ2n) is 4.24. The van der Waals surface area contributed by atoms with Crippen molar-refractivity contribution in [3.63, 3.8) is 0 Å². The molecule has 1 aromatic carbocycles. The van der Waals surface area contributed by atoms with E-state index in [1.807, 2.05) is 4.72 Å². The Bertz CT molecular complexity index is 806. The average Bonchev–Trinajstić information content (AvgIpc) is 2.41. The molecule has 0 amide bonds. The van der Waals surface area contributed by atoms with Gasteiger partial charge in [-0.15, -0.1) is 0 Å². The molecule has 0 unspecified atom stereocenters. The number of anilines is 1. The molecule has 0 spiro atoms. The van der Waals surface area contributed by atoms with Crippen LogP contribution in [-0.4, -0.2) is 24.5 Å². The number of rotatable bonds is 4. The zero-order valence-electron chi connectivity index (χ0n) is 10.9. The molecule has 0 saturated heterocycles. The number of aromatic carboxylic acids is 1. The van der Waals surface area contributed by atoms with E-state index < -0.39 is 32.4 Å². The number of sulfonamides is 1. The third kappa shape index (κ3) is 3.16. The fraction of sp³-hybridized carbons (Fsp3) is 0.0769. The van der Waals surface area contributed by atoms with Gasteiger partial charge < -0.3 is 5.11 Å². The van der Waals surface area contributed by atoms with Gasteiger partial charge in [-0.1, -0.05) is 6.07 Å². The van der Waals surface area contributed by atoms with Crippen molar-refractivity contribution in [2.24, 2.45) is 0 Å². The maximum Gasteiger partial charge on any atom is 0.356 e. The average molecular weight is 310 g/mol. The summed E-state index contributed by atoms with van der Waals surface area (Å²) in [7, 11) is -4.25. The van der Waals surface area contributed by atoms with Crippen molar-refractivity contribution in [3.8, 4) is 0 Å². The molecule has 0 bridgehead atoms. The van der Waals surface area contributed by atoms with Crippen LogP contribution in [0.4, 0.5) is 10.1 Å². The van der Waals surface area contributed by atoms with Crippen LogP contribution in [0.5, 0.6) is 0 Å². The molecule has 0 aliphatic rings. The first kappa shape index (κ1) is 14.9. The minimum atomic E-state index is -4.25. The van der Waals surface area contributed by atoms with E-state index in [1.54, 1.807) is 6.92 Å². The predicted molar refractivity (Wildman–Crippen MR) is 73.1 cm³/mol. The fourth-order valence-corrected chi connectivity index (χ4v) is 2.90. The Morgan fingerprint density at radius 2 is 2.05 bits per heavy atom. The first-order valence-corrected chi connectivity index (χ1v) is 7.27. The highest BCUT2D eigenvalue weighted by Crippen LogP contribution is 2.21. The lowest BCUT2D eigenvalue weighted by molar-refractivity contribution is 0.0692. The van der Waals surface area contributed by atoms with Crippen LogP contribution in [0.1, 0.15) is 16.1 Å². The molecule has 0 aliphatic carbocycles. The SMILES string of the molecule is Cc1ccc(F)c(S(=O)(=O)Nc2cccnc2C(=O)O)c1. The predicted octanol–water partition coefficient (Wildman–Crippen LogP) is 2.03. The lowest BCUT2D eigenvalue weighted by atomic mass is 10.2. The molecule has 0 aliphatic heterocycles. The van der Waals surface area contributed by atoms with E-state index in [4.69, 9.17) is 5.11 Å². The summed E-state index contributed by atoms with van der Waals surface area (Å²) in [6.07, 6.45) is 1.22. The molecule has 1 heterocycles. The Labute approximate surface area is 120 Å². The minimum Gasteiger partial charge on any atom is -0.476 e.